The number of amides is 1. The molecule has 0 unspecified atom stereocenters. The smallest absolute Gasteiger partial charge is 0.278 e. The average Bonchev–Trinajstić information content (AvgIpc) is 2.78. The lowest BCUT2D eigenvalue weighted by Gasteiger charge is -2.11. The minimum atomic E-state index is -0.505. The second-order valence-corrected chi connectivity index (χ2v) is 4.16. The van der Waals surface area contributed by atoms with Gasteiger partial charge in [0.2, 0.25) is 0 Å². The third-order valence-electron chi connectivity index (χ3n) is 2.85. The van der Waals surface area contributed by atoms with E-state index in [1.807, 2.05) is 0 Å². The van der Waals surface area contributed by atoms with Gasteiger partial charge in [-0.3, -0.25) is 9.63 Å². The van der Waals surface area contributed by atoms with E-state index in [9.17, 15) is 9.90 Å². The van der Waals surface area contributed by atoms with E-state index >= 15 is 0 Å². The Bertz CT molecular complexity index is 413. The van der Waals surface area contributed by atoms with Crippen molar-refractivity contribution in [3.8, 4) is 11.5 Å². The number of phenolic OH excluding ortho intramolecular Hbond substituents is 2. The van der Waals surface area contributed by atoms with Crippen molar-refractivity contribution in [3.05, 3.63) is 23.8 Å². The molecule has 0 aliphatic heterocycles. The van der Waals surface area contributed by atoms with Gasteiger partial charge in [0, 0.05) is 6.07 Å². The van der Waals surface area contributed by atoms with Crippen LogP contribution in [-0.4, -0.2) is 22.2 Å². The molecule has 0 aromatic heterocycles. The number of hydrogen-bond donors (Lipinski definition) is 3. The standard InChI is InChI=1S/C12H15NO4/c14-8-5-6-10(11(15)7-8)12(16)13-17-9-3-1-2-4-9/h5-7,9,14-15H,1-4H2,(H,13,16). The molecule has 0 spiro atoms. The molecule has 0 bridgehead atoms. The highest BCUT2D eigenvalue weighted by Crippen LogP contribution is 2.23. The van der Waals surface area contributed by atoms with Crippen LogP contribution in [0.2, 0.25) is 0 Å². The number of carbonyl (C=O) groups excluding carboxylic acids is 1. The van der Waals surface area contributed by atoms with E-state index < -0.39 is 5.91 Å². The minimum absolute atomic E-state index is 0.0678. The van der Waals surface area contributed by atoms with Crippen LogP contribution >= 0.6 is 0 Å². The highest BCUT2D eigenvalue weighted by atomic mass is 16.7. The van der Waals surface area contributed by atoms with Crippen LogP contribution in [0.25, 0.3) is 0 Å². The summed E-state index contributed by atoms with van der Waals surface area (Å²) >= 11 is 0. The maximum absolute atomic E-state index is 11.7. The first-order valence-corrected chi connectivity index (χ1v) is 5.65. The Morgan fingerprint density at radius 1 is 1.29 bits per heavy atom. The molecule has 0 saturated heterocycles. The molecule has 1 aromatic rings. The van der Waals surface area contributed by atoms with Crippen LogP contribution in [0.15, 0.2) is 18.2 Å². The fourth-order valence-electron chi connectivity index (χ4n) is 1.91. The van der Waals surface area contributed by atoms with E-state index in [1.165, 1.54) is 12.1 Å². The van der Waals surface area contributed by atoms with Crippen molar-refractivity contribution in [1.29, 1.82) is 0 Å². The van der Waals surface area contributed by atoms with Gasteiger partial charge in [-0.15, -0.1) is 0 Å². The molecule has 92 valence electrons. The molecular formula is C12H15NO4. The highest BCUT2D eigenvalue weighted by Gasteiger charge is 2.18. The summed E-state index contributed by atoms with van der Waals surface area (Å²) in [7, 11) is 0. The number of benzene rings is 1. The molecule has 5 heteroatoms. The summed E-state index contributed by atoms with van der Waals surface area (Å²) in [5, 5.41) is 18.6. The Morgan fingerprint density at radius 2 is 2.00 bits per heavy atom. The summed E-state index contributed by atoms with van der Waals surface area (Å²) in [6.45, 7) is 0. The van der Waals surface area contributed by atoms with Crippen LogP contribution in [0.5, 0.6) is 11.5 Å². The molecular weight excluding hydrogens is 222 g/mol. The topological polar surface area (TPSA) is 78.8 Å². The number of rotatable bonds is 3. The van der Waals surface area contributed by atoms with Crippen molar-refractivity contribution in [2.24, 2.45) is 0 Å². The van der Waals surface area contributed by atoms with Gasteiger partial charge in [-0.05, 0) is 25.0 Å². The third-order valence-corrected chi connectivity index (χ3v) is 2.85. The predicted molar refractivity (Wildman–Crippen MR) is 60.6 cm³/mol. The van der Waals surface area contributed by atoms with Crippen molar-refractivity contribution in [2.45, 2.75) is 31.8 Å². The summed E-state index contributed by atoms with van der Waals surface area (Å²) in [6.07, 6.45) is 4.19. The van der Waals surface area contributed by atoms with E-state index in [0.717, 1.165) is 31.7 Å². The summed E-state index contributed by atoms with van der Waals surface area (Å²) in [5.74, 6) is -0.859. The molecule has 1 fully saturated rings. The maximum Gasteiger partial charge on any atom is 0.278 e. The Kier molecular flexibility index (Phi) is 3.49. The first kappa shape index (κ1) is 11.7. The number of carbonyl (C=O) groups is 1. The van der Waals surface area contributed by atoms with E-state index in [0.29, 0.717) is 0 Å². The van der Waals surface area contributed by atoms with Gasteiger partial charge in [0.1, 0.15) is 11.5 Å². The van der Waals surface area contributed by atoms with Crippen LogP contribution in [0.4, 0.5) is 0 Å². The number of aromatic hydroxyl groups is 2. The Morgan fingerprint density at radius 3 is 2.65 bits per heavy atom. The van der Waals surface area contributed by atoms with Crippen molar-refractivity contribution in [1.82, 2.24) is 5.48 Å². The lowest BCUT2D eigenvalue weighted by molar-refractivity contribution is -0.0126. The zero-order valence-electron chi connectivity index (χ0n) is 9.35. The lowest BCUT2D eigenvalue weighted by atomic mass is 10.2. The normalized spacial score (nSPS) is 16.0. The van der Waals surface area contributed by atoms with Crippen molar-refractivity contribution < 1.29 is 19.8 Å². The van der Waals surface area contributed by atoms with Crippen LogP contribution < -0.4 is 5.48 Å². The molecule has 1 saturated carbocycles. The first-order chi connectivity index (χ1) is 8.16. The first-order valence-electron chi connectivity index (χ1n) is 5.65. The van der Waals surface area contributed by atoms with Gasteiger partial charge in [0.25, 0.3) is 5.91 Å². The molecule has 1 aliphatic rings. The van der Waals surface area contributed by atoms with Crippen molar-refractivity contribution >= 4 is 5.91 Å². The molecule has 17 heavy (non-hydrogen) atoms. The fourth-order valence-corrected chi connectivity index (χ4v) is 1.91. The van der Waals surface area contributed by atoms with Gasteiger partial charge >= 0.3 is 0 Å². The molecule has 0 atom stereocenters. The molecule has 0 radical (unpaired) electrons. The molecule has 5 nitrogen and oxygen atoms in total. The zero-order chi connectivity index (χ0) is 12.3. The Balaban J connectivity index is 1.94. The molecule has 1 amide bonds. The van der Waals surface area contributed by atoms with Gasteiger partial charge in [-0.2, -0.15) is 0 Å². The quantitative estimate of drug-likeness (QED) is 0.699. The summed E-state index contributed by atoms with van der Waals surface area (Å²) in [6, 6.07) is 3.80. The van der Waals surface area contributed by atoms with E-state index in [1.54, 1.807) is 0 Å². The van der Waals surface area contributed by atoms with E-state index in [2.05, 4.69) is 5.48 Å². The van der Waals surface area contributed by atoms with Crippen LogP contribution in [0.3, 0.4) is 0 Å². The number of hydrogen-bond acceptors (Lipinski definition) is 4. The minimum Gasteiger partial charge on any atom is -0.508 e. The maximum atomic E-state index is 11.7. The van der Waals surface area contributed by atoms with Crippen LogP contribution in [-0.2, 0) is 4.84 Å². The average molecular weight is 237 g/mol. The number of phenols is 2. The number of hydroxylamine groups is 1. The van der Waals surface area contributed by atoms with Crippen LogP contribution in [0.1, 0.15) is 36.0 Å². The van der Waals surface area contributed by atoms with Gasteiger partial charge < -0.3 is 10.2 Å². The molecule has 0 heterocycles. The van der Waals surface area contributed by atoms with Gasteiger partial charge in [0.15, 0.2) is 0 Å². The Hall–Kier alpha value is -1.75. The molecule has 3 N–H and O–H groups in total. The monoisotopic (exact) mass is 237 g/mol. The number of nitrogens with one attached hydrogen (secondary N) is 1. The Labute approximate surface area is 99.0 Å². The molecule has 1 aromatic carbocycles. The van der Waals surface area contributed by atoms with Gasteiger partial charge in [-0.25, -0.2) is 5.48 Å². The SMILES string of the molecule is O=C(NOC1CCCC1)c1ccc(O)cc1O. The lowest BCUT2D eigenvalue weighted by Crippen LogP contribution is -2.28. The van der Waals surface area contributed by atoms with Gasteiger partial charge in [0.05, 0.1) is 11.7 Å². The van der Waals surface area contributed by atoms with Crippen molar-refractivity contribution in [2.75, 3.05) is 0 Å². The van der Waals surface area contributed by atoms with Crippen molar-refractivity contribution in [3.63, 3.8) is 0 Å². The molecule has 1 aliphatic carbocycles. The second-order valence-electron chi connectivity index (χ2n) is 4.16. The van der Waals surface area contributed by atoms with Gasteiger partial charge in [-0.1, -0.05) is 12.8 Å². The fraction of sp³-hybridized carbons (Fsp3) is 0.417. The van der Waals surface area contributed by atoms with E-state index in [4.69, 9.17) is 9.94 Å². The highest BCUT2D eigenvalue weighted by molar-refractivity contribution is 5.96. The van der Waals surface area contributed by atoms with E-state index in [-0.39, 0.29) is 23.2 Å². The summed E-state index contributed by atoms with van der Waals surface area (Å²) < 4.78 is 0. The summed E-state index contributed by atoms with van der Waals surface area (Å²) in [4.78, 5) is 16.9. The zero-order valence-corrected chi connectivity index (χ0v) is 9.35. The predicted octanol–water partition coefficient (Wildman–Crippen LogP) is 1.70. The largest absolute Gasteiger partial charge is 0.508 e. The molecule has 2 rings (SSSR count). The van der Waals surface area contributed by atoms with Crippen LogP contribution in [0, 0.1) is 0 Å². The summed E-state index contributed by atoms with van der Waals surface area (Å²) in [5.41, 5.74) is 2.40. The third kappa shape index (κ3) is 2.88. The second kappa shape index (κ2) is 5.05.